The van der Waals surface area contributed by atoms with Gasteiger partial charge in [0.25, 0.3) is 5.79 Å². The van der Waals surface area contributed by atoms with Crippen LogP contribution >= 0.6 is 11.8 Å². The van der Waals surface area contributed by atoms with Gasteiger partial charge in [-0.15, -0.1) is 0 Å². The molecule has 2 N–H and O–H groups in total. The molecule has 12 nitrogen and oxygen atoms in total. The highest BCUT2D eigenvalue weighted by Crippen LogP contribution is 2.40. The van der Waals surface area contributed by atoms with Gasteiger partial charge in [0.1, 0.15) is 17.7 Å². The maximum absolute atomic E-state index is 12.5. The number of alkyl carbamates (subject to hydrolysis) is 1. The average Bonchev–Trinajstić information content (AvgIpc) is 2.86. The van der Waals surface area contributed by atoms with Crippen molar-refractivity contribution in [3.8, 4) is 0 Å². The average molecular weight is 481 g/mol. The highest BCUT2D eigenvalue weighted by atomic mass is 32.2. The summed E-state index contributed by atoms with van der Waals surface area (Å²) in [4.78, 5) is 49.8. The molecule has 1 rings (SSSR count). The van der Waals surface area contributed by atoms with Gasteiger partial charge < -0.3 is 34.1 Å². The number of aliphatic hydroxyl groups is 1. The second-order valence-corrected chi connectivity index (χ2v) is 9.28. The Morgan fingerprint density at radius 1 is 1.12 bits per heavy atom. The number of carbonyl (C=O) groups excluding carboxylic acids is 4. The molecule has 1 aliphatic rings. The maximum Gasteiger partial charge on any atom is 0.415 e. The minimum atomic E-state index is -2.01. The number of hydrogen-bond donors (Lipinski definition) is 2. The van der Waals surface area contributed by atoms with Crippen molar-refractivity contribution in [2.75, 3.05) is 32.8 Å². The van der Waals surface area contributed by atoms with Crippen LogP contribution in [0.25, 0.3) is 0 Å². The molecule has 1 aliphatic heterocycles. The topological polar surface area (TPSA) is 150 Å². The van der Waals surface area contributed by atoms with Crippen molar-refractivity contribution in [1.29, 1.82) is 0 Å². The minimum absolute atomic E-state index is 0.0218. The van der Waals surface area contributed by atoms with E-state index in [9.17, 15) is 24.3 Å². The van der Waals surface area contributed by atoms with Gasteiger partial charge in [0, 0.05) is 25.5 Å². The first-order valence-corrected chi connectivity index (χ1v) is 10.8. The van der Waals surface area contributed by atoms with Crippen LogP contribution in [0.2, 0.25) is 0 Å². The Hall–Kier alpha value is -2.25. The number of nitrogens with zero attached hydrogens (tertiary/aromatic N) is 1. The molecule has 32 heavy (non-hydrogen) atoms. The summed E-state index contributed by atoms with van der Waals surface area (Å²) in [6, 6.07) is -2.36. The fourth-order valence-electron chi connectivity index (χ4n) is 2.82. The van der Waals surface area contributed by atoms with Crippen LogP contribution in [0.15, 0.2) is 0 Å². The lowest BCUT2D eigenvalue weighted by Crippen LogP contribution is -2.61. The molecule has 4 atom stereocenters. The van der Waals surface area contributed by atoms with E-state index in [1.807, 2.05) is 0 Å². The van der Waals surface area contributed by atoms with Gasteiger partial charge in [-0.25, -0.2) is 19.2 Å². The number of methoxy groups -OCH3 is 3. The molecule has 0 radical (unpaired) electrons. The molecule has 0 aromatic rings. The van der Waals surface area contributed by atoms with E-state index in [1.54, 1.807) is 20.8 Å². The van der Waals surface area contributed by atoms with Crippen LogP contribution in [-0.4, -0.2) is 96.2 Å². The van der Waals surface area contributed by atoms with Gasteiger partial charge in [0.2, 0.25) is 5.72 Å². The zero-order chi connectivity index (χ0) is 24.9. The largest absolute Gasteiger partial charge is 0.467 e. The Kier molecular flexibility index (Phi) is 9.18. The van der Waals surface area contributed by atoms with Crippen molar-refractivity contribution in [2.45, 2.75) is 63.8 Å². The fourth-order valence-corrected chi connectivity index (χ4v) is 3.92. The number of carbonyl (C=O) groups is 4. The number of ether oxygens (including phenoxy) is 5. The van der Waals surface area contributed by atoms with Crippen molar-refractivity contribution in [1.82, 2.24) is 10.2 Å². The summed E-state index contributed by atoms with van der Waals surface area (Å²) < 4.78 is 24.9. The lowest BCUT2D eigenvalue weighted by Gasteiger charge is -2.38. The van der Waals surface area contributed by atoms with Crippen molar-refractivity contribution >= 4 is 35.9 Å². The highest BCUT2D eigenvalue weighted by Gasteiger charge is 2.63. The molecule has 2 amide bonds. The molecule has 1 fully saturated rings. The second kappa shape index (κ2) is 10.6. The summed E-state index contributed by atoms with van der Waals surface area (Å²) >= 11 is 1.04. The van der Waals surface area contributed by atoms with Gasteiger partial charge in [0.15, 0.2) is 0 Å². The number of rotatable bonds is 9. The zero-order valence-corrected chi connectivity index (χ0v) is 20.4. The number of cyclic esters (lactones) is 1. The van der Waals surface area contributed by atoms with Gasteiger partial charge in [-0.1, -0.05) is 0 Å². The first-order valence-electron chi connectivity index (χ1n) is 9.66. The SMILES string of the molecule is COC(=O)[C@H](CSC[C@H](C(=O)OC)N1C(=O)O[C@@](C)(OC)[C@]1(C)O)NC(=O)OC(C)(C)C. The third-order valence-corrected chi connectivity index (χ3v) is 5.84. The zero-order valence-electron chi connectivity index (χ0n) is 19.5. The Bertz CT molecular complexity index is 723. The summed E-state index contributed by atoms with van der Waals surface area (Å²) in [5.41, 5.74) is -2.78. The van der Waals surface area contributed by atoms with Gasteiger partial charge in [-0.2, -0.15) is 11.8 Å². The second-order valence-electron chi connectivity index (χ2n) is 8.21. The molecule has 0 aromatic carbocycles. The molecule has 0 aromatic heterocycles. The molecular formula is C19H32N2O10S. The van der Waals surface area contributed by atoms with Crippen LogP contribution in [0, 0.1) is 0 Å². The Balaban J connectivity index is 2.97. The molecule has 1 saturated heterocycles. The molecule has 0 aliphatic carbocycles. The van der Waals surface area contributed by atoms with Crippen molar-refractivity contribution in [2.24, 2.45) is 0 Å². The predicted molar refractivity (Wildman–Crippen MR) is 113 cm³/mol. The number of amides is 2. The van der Waals surface area contributed by atoms with Crippen LogP contribution in [0.1, 0.15) is 34.6 Å². The van der Waals surface area contributed by atoms with Crippen molar-refractivity contribution < 1.29 is 48.0 Å². The van der Waals surface area contributed by atoms with Gasteiger partial charge >= 0.3 is 24.1 Å². The Morgan fingerprint density at radius 2 is 1.69 bits per heavy atom. The van der Waals surface area contributed by atoms with E-state index in [0.29, 0.717) is 0 Å². The first-order chi connectivity index (χ1) is 14.6. The summed E-state index contributed by atoms with van der Waals surface area (Å²) in [7, 11) is 3.54. The van der Waals surface area contributed by atoms with Gasteiger partial charge in [-0.05, 0) is 27.7 Å². The Morgan fingerprint density at radius 3 is 2.12 bits per heavy atom. The standard InChI is InChI=1S/C19H32N2O10S/c1-17(2,3)30-15(24)20-11(13(22)27-6)9-32-10-12(14(23)28-7)21-16(25)31-19(5,29-8)18(21,4)26/h11-12,26H,9-10H2,1-8H3,(H,20,24)/t11-,12+,18-,19+/m0/s1. The summed E-state index contributed by atoms with van der Waals surface area (Å²) in [5.74, 6) is -3.39. The van der Waals surface area contributed by atoms with Gasteiger partial charge in [0.05, 0.1) is 14.2 Å². The third kappa shape index (κ3) is 6.39. The lowest BCUT2D eigenvalue weighted by atomic mass is 10.0. The molecule has 0 unspecified atom stereocenters. The number of thioether (sulfide) groups is 1. The Labute approximate surface area is 191 Å². The molecule has 1 heterocycles. The van der Waals surface area contributed by atoms with Crippen LogP contribution in [-0.2, 0) is 33.3 Å². The van der Waals surface area contributed by atoms with Crippen LogP contribution < -0.4 is 5.32 Å². The number of nitrogens with one attached hydrogen (secondary N) is 1. The van der Waals surface area contributed by atoms with Gasteiger partial charge in [-0.3, -0.25) is 4.90 Å². The smallest absolute Gasteiger partial charge is 0.415 e. The minimum Gasteiger partial charge on any atom is -0.467 e. The van der Waals surface area contributed by atoms with E-state index in [4.69, 9.17) is 23.7 Å². The van der Waals surface area contributed by atoms with Crippen molar-refractivity contribution in [3.05, 3.63) is 0 Å². The molecule has 0 saturated carbocycles. The van der Waals surface area contributed by atoms with Crippen LogP contribution in [0.4, 0.5) is 9.59 Å². The quantitative estimate of drug-likeness (QED) is 0.357. The maximum atomic E-state index is 12.5. The van der Waals surface area contributed by atoms with Crippen molar-refractivity contribution in [3.63, 3.8) is 0 Å². The van der Waals surface area contributed by atoms with E-state index < -0.39 is 53.3 Å². The monoisotopic (exact) mass is 480 g/mol. The molecule has 184 valence electrons. The first kappa shape index (κ1) is 27.8. The normalized spacial score (nSPS) is 24.9. The van der Waals surface area contributed by atoms with E-state index in [2.05, 4.69) is 5.32 Å². The lowest BCUT2D eigenvalue weighted by molar-refractivity contribution is -0.264. The molecular weight excluding hydrogens is 448 g/mol. The van der Waals surface area contributed by atoms with E-state index in [-0.39, 0.29) is 11.5 Å². The summed E-state index contributed by atoms with van der Waals surface area (Å²) in [5, 5.41) is 13.3. The van der Waals surface area contributed by atoms with E-state index >= 15 is 0 Å². The number of hydrogen-bond acceptors (Lipinski definition) is 11. The summed E-state index contributed by atoms with van der Waals surface area (Å²) in [6.07, 6.45) is -1.80. The van der Waals surface area contributed by atoms with Crippen LogP contribution in [0.5, 0.6) is 0 Å². The molecule has 0 bridgehead atoms. The van der Waals surface area contributed by atoms with Crippen LogP contribution in [0.3, 0.4) is 0 Å². The molecule has 13 heteroatoms. The predicted octanol–water partition coefficient (Wildman–Crippen LogP) is 0.851. The fraction of sp³-hybridized carbons (Fsp3) is 0.789. The number of esters is 2. The summed E-state index contributed by atoms with van der Waals surface area (Å²) in [6.45, 7) is 7.63. The van der Waals surface area contributed by atoms with E-state index in [1.165, 1.54) is 21.0 Å². The molecule has 0 spiro atoms. The third-order valence-electron chi connectivity index (χ3n) is 4.72. The van der Waals surface area contributed by atoms with E-state index in [0.717, 1.165) is 30.9 Å². The highest BCUT2D eigenvalue weighted by molar-refractivity contribution is 7.99.